The molecule has 1 amide bonds. The number of nitrogens with zero attached hydrogens (tertiary/aromatic N) is 2. The Bertz CT molecular complexity index is 1050. The van der Waals surface area contributed by atoms with Crippen LogP contribution in [0.4, 0.5) is 0 Å². The highest BCUT2D eigenvalue weighted by atomic mass is 16.5. The fourth-order valence-electron chi connectivity index (χ4n) is 4.29. The zero-order valence-electron chi connectivity index (χ0n) is 19.0. The predicted octanol–water partition coefficient (Wildman–Crippen LogP) is 3.23. The number of amides is 1. The van der Waals surface area contributed by atoms with E-state index in [-0.39, 0.29) is 11.8 Å². The van der Waals surface area contributed by atoms with Crippen LogP contribution in [-0.2, 0) is 17.8 Å². The summed E-state index contributed by atoms with van der Waals surface area (Å²) >= 11 is 0. The summed E-state index contributed by atoms with van der Waals surface area (Å²) in [4.78, 5) is 17.0. The van der Waals surface area contributed by atoms with Gasteiger partial charge in [-0.05, 0) is 67.6 Å². The van der Waals surface area contributed by atoms with E-state index in [1.165, 1.54) is 0 Å². The fourth-order valence-corrected chi connectivity index (χ4v) is 4.29. The molecule has 33 heavy (non-hydrogen) atoms. The number of carbonyl (C=O) groups is 1. The monoisotopic (exact) mass is 450 g/mol. The molecule has 0 saturated carbocycles. The molecule has 8 nitrogen and oxygen atoms in total. The van der Waals surface area contributed by atoms with Gasteiger partial charge in [-0.25, -0.2) is 0 Å². The molecule has 0 spiro atoms. The summed E-state index contributed by atoms with van der Waals surface area (Å²) in [5.41, 5.74) is 2.62. The van der Waals surface area contributed by atoms with Crippen molar-refractivity contribution in [3.05, 3.63) is 59.9 Å². The van der Waals surface area contributed by atoms with Crippen LogP contribution in [-0.4, -0.2) is 43.4 Å². The highest BCUT2D eigenvalue weighted by molar-refractivity contribution is 5.76. The zero-order valence-corrected chi connectivity index (χ0v) is 19.0. The number of hydrogen-bond acceptors (Lipinski definition) is 7. The minimum atomic E-state index is 0.0519. The van der Waals surface area contributed by atoms with Gasteiger partial charge in [-0.3, -0.25) is 9.78 Å². The number of benzene rings is 1. The molecule has 3 aromatic rings. The topological polar surface area (TPSA) is 98.5 Å². The van der Waals surface area contributed by atoms with Gasteiger partial charge in [-0.15, -0.1) is 0 Å². The zero-order chi connectivity index (χ0) is 23.0. The number of nitrogens with one attached hydrogen (secondary N) is 2. The van der Waals surface area contributed by atoms with Gasteiger partial charge in [-0.1, -0.05) is 17.3 Å². The summed E-state index contributed by atoms with van der Waals surface area (Å²) in [5.74, 6) is 2.64. The minimum absolute atomic E-state index is 0.0519. The number of rotatable bonds is 9. The first kappa shape index (κ1) is 22.8. The highest BCUT2D eigenvalue weighted by Gasteiger charge is 2.28. The van der Waals surface area contributed by atoms with Gasteiger partial charge < -0.3 is 24.6 Å². The second-order valence-corrected chi connectivity index (χ2v) is 8.28. The van der Waals surface area contributed by atoms with Crippen LogP contribution >= 0.6 is 0 Å². The number of aromatic nitrogens is 2. The smallest absolute Gasteiger partial charge is 0.220 e. The minimum Gasteiger partial charge on any atom is -0.493 e. The van der Waals surface area contributed by atoms with Crippen molar-refractivity contribution in [2.24, 2.45) is 11.8 Å². The third-order valence-electron chi connectivity index (χ3n) is 6.10. The second-order valence-electron chi connectivity index (χ2n) is 8.28. The third kappa shape index (κ3) is 5.90. The molecule has 0 aliphatic carbocycles. The van der Waals surface area contributed by atoms with E-state index in [0.29, 0.717) is 36.1 Å². The van der Waals surface area contributed by atoms with E-state index in [1.807, 2.05) is 42.5 Å². The van der Waals surface area contributed by atoms with Gasteiger partial charge in [0, 0.05) is 25.2 Å². The molecule has 2 N–H and O–H groups in total. The first-order valence-electron chi connectivity index (χ1n) is 11.2. The Hall–Kier alpha value is -3.39. The highest BCUT2D eigenvalue weighted by Crippen LogP contribution is 2.29. The average Bonchev–Trinajstić information content (AvgIpc) is 3.33. The molecule has 2 atom stereocenters. The Kier molecular flexibility index (Phi) is 7.57. The van der Waals surface area contributed by atoms with Gasteiger partial charge in [-0.2, -0.15) is 0 Å². The lowest BCUT2D eigenvalue weighted by molar-refractivity contribution is -0.122. The maximum absolute atomic E-state index is 12.7. The van der Waals surface area contributed by atoms with Crippen LogP contribution in [0.25, 0.3) is 11.5 Å². The molecule has 1 saturated heterocycles. The van der Waals surface area contributed by atoms with Crippen molar-refractivity contribution in [2.75, 3.05) is 27.3 Å². The standard InChI is InChI=1S/C25H30N4O4/c1-31-22-7-6-17(11-24(22)32-2)15-28-25(30)13-18-8-10-26-16-19(18)12-20-14-23(33-29-20)21-5-3-4-9-27-21/h3-7,9,11,14,18-19,26H,8,10,12-13,15-16H2,1-2H3,(H,28,30)/t18-,19-/m0/s1. The number of ether oxygens (including phenoxy) is 2. The second kappa shape index (κ2) is 11.0. The Morgan fingerprint density at radius 3 is 2.82 bits per heavy atom. The fraction of sp³-hybridized carbons (Fsp3) is 0.400. The summed E-state index contributed by atoms with van der Waals surface area (Å²) in [6.07, 6.45) is 3.94. The lowest BCUT2D eigenvalue weighted by atomic mass is 9.81. The van der Waals surface area contributed by atoms with E-state index >= 15 is 0 Å². The molecule has 2 aromatic heterocycles. The molecule has 0 bridgehead atoms. The Morgan fingerprint density at radius 1 is 1.15 bits per heavy atom. The molecule has 1 aliphatic rings. The van der Waals surface area contributed by atoms with Crippen LogP contribution < -0.4 is 20.1 Å². The summed E-state index contributed by atoms with van der Waals surface area (Å²) < 4.78 is 16.1. The maximum atomic E-state index is 12.7. The third-order valence-corrected chi connectivity index (χ3v) is 6.10. The summed E-state index contributed by atoms with van der Waals surface area (Å²) in [6, 6.07) is 13.3. The van der Waals surface area contributed by atoms with Gasteiger partial charge >= 0.3 is 0 Å². The van der Waals surface area contributed by atoms with Crippen molar-refractivity contribution >= 4 is 5.91 Å². The van der Waals surface area contributed by atoms with Crippen molar-refractivity contribution < 1.29 is 18.8 Å². The molecule has 1 fully saturated rings. The number of hydrogen-bond donors (Lipinski definition) is 2. The van der Waals surface area contributed by atoms with E-state index in [4.69, 9.17) is 14.0 Å². The molecule has 8 heteroatoms. The number of piperidine rings is 1. The average molecular weight is 451 g/mol. The van der Waals surface area contributed by atoms with Crippen LogP contribution in [0, 0.1) is 11.8 Å². The molecule has 174 valence electrons. The van der Waals surface area contributed by atoms with Crippen molar-refractivity contribution in [1.29, 1.82) is 0 Å². The summed E-state index contributed by atoms with van der Waals surface area (Å²) in [6.45, 7) is 2.23. The first-order valence-corrected chi connectivity index (χ1v) is 11.2. The summed E-state index contributed by atoms with van der Waals surface area (Å²) in [7, 11) is 3.21. The first-order chi connectivity index (χ1) is 16.2. The van der Waals surface area contributed by atoms with Crippen LogP contribution in [0.3, 0.4) is 0 Å². The van der Waals surface area contributed by atoms with Crippen molar-refractivity contribution in [2.45, 2.75) is 25.8 Å². The number of carbonyl (C=O) groups excluding carboxylic acids is 1. The molecular weight excluding hydrogens is 420 g/mol. The molecule has 1 aromatic carbocycles. The maximum Gasteiger partial charge on any atom is 0.220 e. The number of pyridine rings is 1. The normalized spacial score (nSPS) is 18.0. The van der Waals surface area contributed by atoms with Crippen molar-refractivity contribution in [3.8, 4) is 23.0 Å². The Balaban J connectivity index is 1.33. The van der Waals surface area contributed by atoms with E-state index in [1.54, 1.807) is 20.4 Å². The quantitative estimate of drug-likeness (QED) is 0.516. The van der Waals surface area contributed by atoms with Gasteiger partial charge in [0.1, 0.15) is 5.69 Å². The van der Waals surface area contributed by atoms with E-state index in [2.05, 4.69) is 20.8 Å². The largest absolute Gasteiger partial charge is 0.493 e. The summed E-state index contributed by atoms with van der Waals surface area (Å²) in [5, 5.41) is 10.7. The lowest BCUT2D eigenvalue weighted by Gasteiger charge is -2.31. The van der Waals surface area contributed by atoms with Gasteiger partial charge in [0.25, 0.3) is 0 Å². The van der Waals surface area contributed by atoms with E-state index in [9.17, 15) is 4.79 Å². The van der Waals surface area contributed by atoms with Gasteiger partial charge in [0.2, 0.25) is 5.91 Å². The lowest BCUT2D eigenvalue weighted by Crippen LogP contribution is -2.40. The molecule has 0 radical (unpaired) electrons. The van der Waals surface area contributed by atoms with Crippen molar-refractivity contribution in [3.63, 3.8) is 0 Å². The Morgan fingerprint density at radius 2 is 2.03 bits per heavy atom. The Labute approximate surface area is 193 Å². The van der Waals surface area contributed by atoms with Gasteiger partial charge in [0.05, 0.1) is 19.9 Å². The molecule has 0 unspecified atom stereocenters. The predicted molar refractivity (Wildman–Crippen MR) is 124 cm³/mol. The molecule has 3 heterocycles. The van der Waals surface area contributed by atoms with Crippen LogP contribution in [0.5, 0.6) is 11.5 Å². The SMILES string of the molecule is COc1ccc(CNC(=O)C[C@@H]2CCNC[C@@H]2Cc2cc(-c3ccccn3)on2)cc1OC. The van der Waals surface area contributed by atoms with E-state index in [0.717, 1.165) is 42.9 Å². The molecule has 4 rings (SSSR count). The molecular formula is C25H30N4O4. The van der Waals surface area contributed by atoms with Gasteiger partial charge in [0.15, 0.2) is 17.3 Å². The van der Waals surface area contributed by atoms with Crippen LogP contribution in [0.2, 0.25) is 0 Å². The molecule has 1 aliphatic heterocycles. The van der Waals surface area contributed by atoms with E-state index < -0.39 is 0 Å². The number of methoxy groups -OCH3 is 2. The van der Waals surface area contributed by atoms with Crippen LogP contribution in [0.15, 0.2) is 53.2 Å². The van der Waals surface area contributed by atoms with Crippen LogP contribution in [0.1, 0.15) is 24.1 Å². The van der Waals surface area contributed by atoms with Crippen molar-refractivity contribution in [1.82, 2.24) is 20.8 Å².